The van der Waals surface area contributed by atoms with E-state index in [0.717, 1.165) is 5.56 Å². The van der Waals surface area contributed by atoms with Gasteiger partial charge in [-0.05, 0) is 29.5 Å². The quantitative estimate of drug-likeness (QED) is 0.612. The lowest BCUT2D eigenvalue weighted by atomic mass is 10.1. The van der Waals surface area contributed by atoms with Crippen molar-refractivity contribution in [2.45, 2.75) is 19.1 Å². The maximum Gasteiger partial charge on any atom is 0.172 e. The number of nitrogens with two attached hydrogens (primary N) is 1. The lowest BCUT2D eigenvalue weighted by molar-refractivity contribution is 0.102. The van der Waals surface area contributed by atoms with Crippen molar-refractivity contribution >= 4 is 23.2 Å². The van der Waals surface area contributed by atoms with E-state index in [9.17, 15) is 4.79 Å². The third-order valence-electron chi connectivity index (χ3n) is 1.78. The van der Waals surface area contributed by atoms with E-state index in [2.05, 4.69) is 13.8 Å². The summed E-state index contributed by atoms with van der Waals surface area (Å²) in [7, 11) is 0. The molecule has 0 bridgehead atoms. The third-order valence-corrected chi connectivity index (χ3v) is 2.88. The molecule has 1 aromatic rings. The van der Waals surface area contributed by atoms with Crippen LogP contribution in [0.5, 0.6) is 0 Å². The van der Waals surface area contributed by atoms with E-state index >= 15 is 0 Å². The molecule has 0 radical (unpaired) electrons. The predicted octanol–water partition coefficient (Wildman–Crippen LogP) is 2.59. The molecule has 2 nitrogen and oxygen atoms in total. The fraction of sp³-hybridized carbons (Fsp3) is 0.364. The molecule has 1 aromatic carbocycles. The van der Waals surface area contributed by atoms with Crippen molar-refractivity contribution in [1.29, 1.82) is 0 Å². The van der Waals surface area contributed by atoms with Gasteiger partial charge < -0.3 is 5.73 Å². The first kappa shape index (κ1) is 11.1. The number of anilines is 1. The highest BCUT2D eigenvalue weighted by Crippen LogP contribution is 2.13. The second-order valence-corrected chi connectivity index (χ2v) is 4.97. The normalized spacial score (nSPS) is 10.5. The number of benzene rings is 1. The lowest BCUT2D eigenvalue weighted by Gasteiger charge is -2.04. The Bertz CT molecular complexity index is 306. The van der Waals surface area contributed by atoms with Crippen LogP contribution in [0, 0.1) is 0 Å². The van der Waals surface area contributed by atoms with Crippen molar-refractivity contribution in [3.63, 3.8) is 0 Å². The summed E-state index contributed by atoms with van der Waals surface area (Å²) >= 11 is 1.66. The molecule has 0 aliphatic heterocycles. The van der Waals surface area contributed by atoms with Gasteiger partial charge in [0.25, 0.3) is 0 Å². The first-order valence-corrected chi connectivity index (χ1v) is 5.65. The molecule has 0 spiro atoms. The molecule has 0 saturated carbocycles. The second-order valence-electron chi connectivity index (χ2n) is 3.40. The number of carbonyl (C=O) groups excluding carboxylic acids is 1. The minimum absolute atomic E-state index is 0.170. The Hall–Kier alpha value is -0.960. The van der Waals surface area contributed by atoms with Crippen LogP contribution >= 0.6 is 11.8 Å². The molecule has 0 heterocycles. The van der Waals surface area contributed by atoms with Gasteiger partial charge in [0.1, 0.15) is 0 Å². The lowest BCUT2D eigenvalue weighted by Crippen LogP contribution is -2.04. The van der Waals surface area contributed by atoms with Gasteiger partial charge in [-0.2, -0.15) is 11.8 Å². The average molecular weight is 209 g/mol. The smallest absolute Gasteiger partial charge is 0.172 e. The molecule has 0 saturated heterocycles. The van der Waals surface area contributed by atoms with Crippen LogP contribution < -0.4 is 5.73 Å². The summed E-state index contributed by atoms with van der Waals surface area (Å²) in [6, 6.07) is 7.07. The summed E-state index contributed by atoms with van der Waals surface area (Å²) in [5.41, 5.74) is 6.97. The summed E-state index contributed by atoms with van der Waals surface area (Å²) in [4.78, 5) is 11.6. The number of Topliss-reactive ketones (excluding diaryl/α,β-unsaturated/α-hetero) is 1. The van der Waals surface area contributed by atoms with Crippen LogP contribution in [0.15, 0.2) is 24.3 Å². The Kier molecular flexibility index (Phi) is 4.01. The van der Waals surface area contributed by atoms with E-state index in [1.807, 2.05) is 0 Å². The number of hydrogen-bond acceptors (Lipinski definition) is 3. The van der Waals surface area contributed by atoms with Crippen LogP contribution in [0.2, 0.25) is 0 Å². The maximum absolute atomic E-state index is 11.6. The van der Waals surface area contributed by atoms with Crippen LogP contribution in [-0.4, -0.2) is 16.8 Å². The third kappa shape index (κ3) is 3.42. The van der Waals surface area contributed by atoms with E-state index in [1.54, 1.807) is 36.0 Å². The van der Waals surface area contributed by atoms with Crippen LogP contribution in [-0.2, 0) is 0 Å². The van der Waals surface area contributed by atoms with Crippen LogP contribution in [0.3, 0.4) is 0 Å². The molecular weight excluding hydrogens is 194 g/mol. The number of rotatable bonds is 4. The monoisotopic (exact) mass is 209 g/mol. The standard InChI is InChI=1S/C11H15NOS/c1-8(2)14-7-11(13)9-3-5-10(12)6-4-9/h3-6,8H,7,12H2,1-2H3. The van der Waals surface area contributed by atoms with Gasteiger partial charge in [-0.25, -0.2) is 0 Å². The first-order chi connectivity index (χ1) is 6.59. The van der Waals surface area contributed by atoms with Crippen LogP contribution in [0.1, 0.15) is 24.2 Å². The number of ketones is 1. The van der Waals surface area contributed by atoms with Crippen molar-refractivity contribution in [3.8, 4) is 0 Å². The zero-order valence-corrected chi connectivity index (χ0v) is 9.30. The van der Waals surface area contributed by atoms with Crippen molar-refractivity contribution in [3.05, 3.63) is 29.8 Å². The molecule has 0 aromatic heterocycles. The minimum atomic E-state index is 0.170. The number of thioether (sulfide) groups is 1. The summed E-state index contributed by atoms with van der Waals surface area (Å²) < 4.78 is 0. The highest BCUT2D eigenvalue weighted by Gasteiger charge is 2.06. The SMILES string of the molecule is CC(C)SCC(=O)c1ccc(N)cc1. The number of hydrogen-bond donors (Lipinski definition) is 1. The minimum Gasteiger partial charge on any atom is -0.399 e. The number of nitrogen functional groups attached to an aromatic ring is 1. The van der Waals surface area contributed by atoms with Gasteiger partial charge in [0.2, 0.25) is 0 Å². The summed E-state index contributed by atoms with van der Waals surface area (Å²) in [5, 5.41) is 0.493. The van der Waals surface area contributed by atoms with Gasteiger partial charge in [-0.3, -0.25) is 4.79 Å². The van der Waals surface area contributed by atoms with Crippen molar-refractivity contribution in [2.75, 3.05) is 11.5 Å². The fourth-order valence-electron chi connectivity index (χ4n) is 0.995. The Morgan fingerprint density at radius 1 is 1.36 bits per heavy atom. The molecule has 0 unspecified atom stereocenters. The molecular formula is C11H15NOS. The van der Waals surface area contributed by atoms with Crippen molar-refractivity contribution in [2.24, 2.45) is 0 Å². The summed E-state index contributed by atoms with van der Waals surface area (Å²) in [5.74, 6) is 0.713. The summed E-state index contributed by atoms with van der Waals surface area (Å²) in [6.07, 6.45) is 0. The topological polar surface area (TPSA) is 43.1 Å². The molecule has 0 amide bonds. The maximum atomic E-state index is 11.6. The van der Waals surface area contributed by atoms with Gasteiger partial charge >= 0.3 is 0 Å². The highest BCUT2D eigenvalue weighted by molar-refractivity contribution is 8.00. The van der Waals surface area contributed by atoms with Gasteiger partial charge in [0.15, 0.2) is 5.78 Å². The molecule has 76 valence electrons. The van der Waals surface area contributed by atoms with Crippen molar-refractivity contribution in [1.82, 2.24) is 0 Å². The van der Waals surface area contributed by atoms with E-state index in [-0.39, 0.29) is 5.78 Å². The Morgan fingerprint density at radius 2 is 1.93 bits per heavy atom. The molecule has 0 aliphatic carbocycles. The molecule has 0 aliphatic rings. The van der Waals surface area contributed by atoms with E-state index in [0.29, 0.717) is 16.7 Å². The molecule has 14 heavy (non-hydrogen) atoms. The van der Waals surface area contributed by atoms with E-state index < -0.39 is 0 Å². The molecule has 2 N–H and O–H groups in total. The van der Waals surface area contributed by atoms with Crippen LogP contribution in [0.25, 0.3) is 0 Å². The average Bonchev–Trinajstić information content (AvgIpc) is 2.15. The molecule has 3 heteroatoms. The van der Waals surface area contributed by atoms with Gasteiger partial charge in [-0.1, -0.05) is 13.8 Å². The van der Waals surface area contributed by atoms with Gasteiger partial charge in [0, 0.05) is 11.3 Å². The zero-order valence-electron chi connectivity index (χ0n) is 8.49. The van der Waals surface area contributed by atoms with Crippen LogP contribution in [0.4, 0.5) is 5.69 Å². The molecule has 1 rings (SSSR count). The fourth-order valence-corrected chi connectivity index (χ4v) is 1.65. The van der Waals surface area contributed by atoms with Gasteiger partial charge in [0.05, 0.1) is 5.75 Å². The number of carbonyl (C=O) groups is 1. The Morgan fingerprint density at radius 3 is 2.43 bits per heavy atom. The molecule has 0 atom stereocenters. The van der Waals surface area contributed by atoms with Crippen molar-refractivity contribution < 1.29 is 4.79 Å². The van der Waals surface area contributed by atoms with E-state index in [4.69, 9.17) is 5.73 Å². The van der Waals surface area contributed by atoms with Gasteiger partial charge in [-0.15, -0.1) is 0 Å². The Balaban J connectivity index is 2.57. The first-order valence-electron chi connectivity index (χ1n) is 4.60. The second kappa shape index (κ2) is 5.05. The highest BCUT2D eigenvalue weighted by atomic mass is 32.2. The Labute approximate surface area is 88.9 Å². The molecule has 0 fully saturated rings. The van der Waals surface area contributed by atoms with E-state index in [1.165, 1.54) is 0 Å². The summed E-state index contributed by atoms with van der Waals surface area (Å²) in [6.45, 7) is 4.17. The predicted molar refractivity (Wildman–Crippen MR) is 62.8 cm³/mol. The largest absolute Gasteiger partial charge is 0.399 e. The zero-order chi connectivity index (χ0) is 10.6.